The lowest BCUT2D eigenvalue weighted by atomic mass is 10.1. The summed E-state index contributed by atoms with van der Waals surface area (Å²) < 4.78 is 1.87. The fraction of sp³-hybridized carbons (Fsp3) is 0.533. The summed E-state index contributed by atoms with van der Waals surface area (Å²) in [6, 6.07) is 8.74. The van der Waals surface area contributed by atoms with Gasteiger partial charge in [-0.15, -0.1) is 5.10 Å². The van der Waals surface area contributed by atoms with Gasteiger partial charge in [0, 0.05) is 12.3 Å². The van der Waals surface area contributed by atoms with E-state index >= 15 is 0 Å². The van der Waals surface area contributed by atoms with E-state index in [0.717, 1.165) is 43.4 Å². The van der Waals surface area contributed by atoms with Crippen molar-refractivity contribution in [3.63, 3.8) is 0 Å². The fourth-order valence-electron chi connectivity index (χ4n) is 1.95. The summed E-state index contributed by atoms with van der Waals surface area (Å²) in [5.74, 6) is 0.896. The lowest BCUT2D eigenvalue weighted by Gasteiger charge is -2.06. The number of thioether (sulfide) groups is 1. The molecule has 2 aromatic rings. The van der Waals surface area contributed by atoms with Gasteiger partial charge in [-0.3, -0.25) is 0 Å². The smallest absolute Gasteiger partial charge is 0.209 e. The number of nitrogens with zero attached hydrogens (tertiary/aromatic N) is 4. The summed E-state index contributed by atoms with van der Waals surface area (Å²) in [6.07, 6.45) is 2.22. The Morgan fingerprint density at radius 1 is 1.10 bits per heavy atom. The number of hydrogen-bond acceptors (Lipinski definition) is 5. The number of nitrogens with one attached hydrogen (secondary N) is 1. The summed E-state index contributed by atoms with van der Waals surface area (Å²) in [7, 11) is 0. The summed E-state index contributed by atoms with van der Waals surface area (Å²) in [5.41, 5.74) is 2.67. The van der Waals surface area contributed by atoms with Gasteiger partial charge in [-0.1, -0.05) is 49.9 Å². The molecule has 5 nitrogen and oxygen atoms in total. The van der Waals surface area contributed by atoms with Crippen molar-refractivity contribution in [2.45, 2.75) is 44.1 Å². The van der Waals surface area contributed by atoms with Crippen LogP contribution in [0.25, 0.3) is 0 Å². The van der Waals surface area contributed by atoms with E-state index in [9.17, 15) is 0 Å². The zero-order valence-electron chi connectivity index (χ0n) is 12.7. The molecule has 0 saturated carbocycles. The molecule has 21 heavy (non-hydrogen) atoms. The normalized spacial score (nSPS) is 11.0. The Hall–Kier alpha value is -1.40. The highest BCUT2D eigenvalue weighted by atomic mass is 32.2. The minimum absolute atomic E-state index is 0.810. The van der Waals surface area contributed by atoms with Crippen molar-refractivity contribution in [2.75, 3.05) is 13.1 Å². The van der Waals surface area contributed by atoms with Crippen LogP contribution in [0.3, 0.4) is 0 Å². The molecule has 0 radical (unpaired) electrons. The summed E-state index contributed by atoms with van der Waals surface area (Å²) >= 11 is 1.68. The largest absolute Gasteiger partial charge is 0.315 e. The quantitative estimate of drug-likeness (QED) is 0.570. The molecule has 0 amide bonds. The number of aromatic nitrogens is 4. The van der Waals surface area contributed by atoms with Crippen LogP contribution in [0.15, 0.2) is 29.4 Å². The van der Waals surface area contributed by atoms with Crippen LogP contribution in [-0.2, 0) is 18.7 Å². The molecule has 0 bridgehead atoms. The zero-order valence-corrected chi connectivity index (χ0v) is 13.6. The second kappa shape index (κ2) is 8.79. The number of aryl methyl sites for hydroxylation is 1. The number of benzene rings is 1. The van der Waals surface area contributed by atoms with Crippen molar-refractivity contribution < 1.29 is 0 Å². The van der Waals surface area contributed by atoms with Crippen molar-refractivity contribution in [3.05, 3.63) is 35.4 Å². The summed E-state index contributed by atoms with van der Waals surface area (Å²) in [4.78, 5) is 0. The van der Waals surface area contributed by atoms with Gasteiger partial charge in [0.2, 0.25) is 5.16 Å². The van der Waals surface area contributed by atoms with Gasteiger partial charge < -0.3 is 5.32 Å². The first-order chi connectivity index (χ1) is 10.3. The molecule has 0 aliphatic heterocycles. The highest BCUT2D eigenvalue weighted by molar-refractivity contribution is 7.98. The van der Waals surface area contributed by atoms with E-state index in [2.05, 4.69) is 59.0 Å². The number of hydrogen-bond donors (Lipinski definition) is 1. The number of tetrazole rings is 1. The molecule has 0 aliphatic carbocycles. The predicted molar refractivity (Wildman–Crippen MR) is 86.4 cm³/mol. The molecule has 0 spiro atoms. The molecule has 0 aliphatic rings. The van der Waals surface area contributed by atoms with Crippen molar-refractivity contribution in [1.82, 2.24) is 25.5 Å². The average molecular weight is 305 g/mol. The van der Waals surface area contributed by atoms with Crippen molar-refractivity contribution in [3.8, 4) is 0 Å². The lowest BCUT2D eigenvalue weighted by Crippen LogP contribution is -2.21. The van der Waals surface area contributed by atoms with E-state index in [-0.39, 0.29) is 0 Å². The second-order valence-corrected chi connectivity index (χ2v) is 5.84. The second-order valence-electron chi connectivity index (χ2n) is 4.89. The van der Waals surface area contributed by atoms with E-state index in [1.807, 2.05) is 4.68 Å². The monoisotopic (exact) mass is 305 g/mol. The van der Waals surface area contributed by atoms with Gasteiger partial charge in [-0.25, -0.2) is 4.68 Å². The average Bonchev–Trinajstić information content (AvgIpc) is 2.97. The van der Waals surface area contributed by atoms with E-state index in [1.165, 1.54) is 11.1 Å². The Balaban J connectivity index is 1.83. The molecular weight excluding hydrogens is 282 g/mol. The van der Waals surface area contributed by atoms with E-state index in [0.29, 0.717) is 0 Å². The van der Waals surface area contributed by atoms with Crippen LogP contribution >= 0.6 is 11.8 Å². The summed E-state index contributed by atoms with van der Waals surface area (Å²) in [6.45, 7) is 7.08. The zero-order chi connectivity index (χ0) is 14.9. The van der Waals surface area contributed by atoms with Crippen LogP contribution < -0.4 is 5.32 Å². The van der Waals surface area contributed by atoms with E-state index in [4.69, 9.17) is 0 Å². The molecule has 0 unspecified atom stereocenters. The van der Waals surface area contributed by atoms with Gasteiger partial charge in [0.25, 0.3) is 0 Å². The fourth-order valence-corrected chi connectivity index (χ4v) is 2.81. The molecule has 1 aromatic carbocycles. The van der Waals surface area contributed by atoms with Crippen LogP contribution in [-0.4, -0.2) is 33.3 Å². The van der Waals surface area contributed by atoms with Gasteiger partial charge in [0.15, 0.2) is 0 Å². The van der Waals surface area contributed by atoms with Gasteiger partial charge >= 0.3 is 0 Å². The summed E-state index contributed by atoms with van der Waals surface area (Å²) in [5, 5.41) is 16.2. The van der Waals surface area contributed by atoms with E-state index < -0.39 is 0 Å². The third-order valence-corrected chi connectivity index (χ3v) is 4.25. The van der Waals surface area contributed by atoms with Gasteiger partial charge in [0.05, 0.1) is 6.54 Å². The highest BCUT2D eigenvalue weighted by Gasteiger charge is 2.06. The standard InChI is InChI=1S/C15H23N5S/c1-3-9-16-10-11-20-15(17-18-19-20)21-12-14-7-5-13(4-2)6-8-14/h5-8,16H,3-4,9-12H2,1-2H3. The van der Waals surface area contributed by atoms with Crippen LogP contribution in [0.5, 0.6) is 0 Å². The maximum atomic E-state index is 4.10. The van der Waals surface area contributed by atoms with Crippen LogP contribution in [0, 0.1) is 0 Å². The Kier molecular flexibility index (Phi) is 6.69. The lowest BCUT2D eigenvalue weighted by molar-refractivity contribution is 0.510. The van der Waals surface area contributed by atoms with Gasteiger partial charge in [0.1, 0.15) is 0 Å². The van der Waals surface area contributed by atoms with Crippen LogP contribution in [0.2, 0.25) is 0 Å². The third-order valence-electron chi connectivity index (χ3n) is 3.23. The van der Waals surface area contributed by atoms with E-state index in [1.54, 1.807) is 11.8 Å². The Bertz CT molecular complexity index is 523. The minimum Gasteiger partial charge on any atom is -0.315 e. The molecular formula is C15H23N5S. The molecule has 0 saturated heterocycles. The maximum Gasteiger partial charge on any atom is 0.209 e. The molecule has 6 heteroatoms. The first kappa shape index (κ1) is 16.0. The molecule has 0 atom stereocenters. The molecule has 1 heterocycles. The van der Waals surface area contributed by atoms with Crippen molar-refractivity contribution in [2.24, 2.45) is 0 Å². The van der Waals surface area contributed by atoms with Gasteiger partial charge in [-0.05, 0) is 40.9 Å². The molecule has 1 aromatic heterocycles. The Labute approximate surface area is 130 Å². The third kappa shape index (κ3) is 5.13. The van der Waals surface area contributed by atoms with Gasteiger partial charge in [-0.2, -0.15) is 0 Å². The molecule has 114 valence electrons. The van der Waals surface area contributed by atoms with Crippen molar-refractivity contribution in [1.29, 1.82) is 0 Å². The van der Waals surface area contributed by atoms with Crippen LogP contribution in [0.4, 0.5) is 0 Å². The van der Waals surface area contributed by atoms with Crippen molar-refractivity contribution >= 4 is 11.8 Å². The topological polar surface area (TPSA) is 55.6 Å². The maximum absolute atomic E-state index is 4.10. The Morgan fingerprint density at radius 2 is 1.86 bits per heavy atom. The Morgan fingerprint density at radius 3 is 2.57 bits per heavy atom. The first-order valence-corrected chi connectivity index (χ1v) is 8.49. The van der Waals surface area contributed by atoms with Crippen LogP contribution in [0.1, 0.15) is 31.4 Å². The highest BCUT2D eigenvalue weighted by Crippen LogP contribution is 2.20. The SMILES string of the molecule is CCCNCCn1nnnc1SCc1ccc(CC)cc1. The molecule has 1 N–H and O–H groups in total. The number of rotatable bonds is 9. The molecule has 0 fully saturated rings. The molecule has 2 rings (SSSR count). The first-order valence-electron chi connectivity index (χ1n) is 7.51. The minimum atomic E-state index is 0.810. The predicted octanol–water partition coefficient (Wildman–Crippen LogP) is 2.53.